The quantitative estimate of drug-likeness (QED) is 0.848. The van der Waals surface area contributed by atoms with Crippen LogP contribution in [-0.2, 0) is 17.6 Å². The van der Waals surface area contributed by atoms with E-state index in [4.69, 9.17) is 0 Å². The molecule has 0 aliphatic carbocycles. The SMILES string of the molecule is CCc1cccc(CC)c1Nc1ccc(NC(=O)C(C)C)nn1. The molecule has 1 aromatic heterocycles. The number of carbonyl (C=O) groups is 1. The minimum atomic E-state index is -0.0851. The molecule has 0 bridgehead atoms. The highest BCUT2D eigenvalue weighted by atomic mass is 16.1. The van der Waals surface area contributed by atoms with E-state index in [0.717, 1.165) is 18.5 Å². The van der Waals surface area contributed by atoms with Gasteiger partial charge in [-0.05, 0) is 36.1 Å². The van der Waals surface area contributed by atoms with Gasteiger partial charge in [0.15, 0.2) is 11.6 Å². The molecule has 0 aliphatic rings. The zero-order chi connectivity index (χ0) is 16.8. The number of amides is 1. The molecule has 2 rings (SSSR count). The minimum Gasteiger partial charge on any atom is -0.338 e. The van der Waals surface area contributed by atoms with Crippen LogP contribution in [0.5, 0.6) is 0 Å². The Labute approximate surface area is 137 Å². The molecule has 5 nitrogen and oxygen atoms in total. The van der Waals surface area contributed by atoms with E-state index in [1.165, 1.54) is 11.1 Å². The van der Waals surface area contributed by atoms with Crippen molar-refractivity contribution in [2.75, 3.05) is 10.6 Å². The first-order valence-corrected chi connectivity index (χ1v) is 8.07. The second-order valence-corrected chi connectivity index (χ2v) is 5.73. The van der Waals surface area contributed by atoms with E-state index in [0.29, 0.717) is 11.6 Å². The van der Waals surface area contributed by atoms with Crippen LogP contribution in [0, 0.1) is 5.92 Å². The molecule has 0 saturated carbocycles. The number of aromatic nitrogens is 2. The van der Waals surface area contributed by atoms with Crippen LogP contribution in [0.1, 0.15) is 38.8 Å². The summed E-state index contributed by atoms with van der Waals surface area (Å²) in [6, 6.07) is 9.90. The lowest BCUT2D eigenvalue weighted by Crippen LogP contribution is -2.18. The predicted molar refractivity (Wildman–Crippen MR) is 94.0 cm³/mol. The summed E-state index contributed by atoms with van der Waals surface area (Å²) in [5.74, 6) is 0.986. The summed E-state index contributed by atoms with van der Waals surface area (Å²) in [6.07, 6.45) is 1.90. The molecule has 0 saturated heterocycles. The lowest BCUT2D eigenvalue weighted by atomic mass is 10.0. The van der Waals surface area contributed by atoms with Gasteiger partial charge in [0, 0.05) is 11.6 Å². The Hall–Kier alpha value is -2.43. The number of para-hydroxylation sites is 1. The summed E-state index contributed by atoms with van der Waals surface area (Å²) in [5, 5.41) is 14.3. The Kier molecular flexibility index (Phi) is 5.68. The molecule has 1 amide bonds. The zero-order valence-electron chi connectivity index (χ0n) is 14.2. The number of anilines is 3. The van der Waals surface area contributed by atoms with Crippen molar-refractivity contribution < 1.29 is 4.79 Å². The standard InChI is InChI=1S/C18H24N4O/c1-5-13-8-7-9-14(6-2)17(13)19-15-10-11-16(22-21-15)20-18(23)12(3)4/h7-12H,5-6H2,1-4H3,(H,19,21)(H,20,22,23). The lowest BCUT2D eigenvalue weighted by molar-refractivity contribution is -0.118. The highest BCUT2D eigenvalue weighted by Gasteiger charge is 2.10. The van der Waals surface area contributed by atoms with Gasteiger partial charge in [-0.3, -0.25) is 4.79 Å². The smallest absolute Gasteiger partial charge is 0.228 e. The first-order chi connectivity index (χ1) is 11.0. The summed E-state index contributed by atoms with van der Waals surface area (Å²) in [7, 11) is 0. The van der Waals surface area contributed by atoms with Crippen molar-refractivity contribution in [1.29, 1.82) is 0 Å². The van der Waals surface area contributed by atoms with Gasteiger partial charge in [-0.2, -0.15) is 0 Å². The average Bonchev–Trinajstić information content (AvgIpc) is 2.56. The first-order valence-electron chi connectivity index (χ1n) is 8.07. The van der Waals surface area contributed by atoms with Crippen molar-refractivity contribution in [2.24, 2.45) is 5.92 Å². The summed E-state index contributed by atoms with van der Waals surface area (Å²) in [6.45, 7) is 7.95. The normalized spacial score (nSPS) is 10.7. The molecule has 0 spiro atoms. The van der Waals surface area contributed by atoms with Gasteiger partial charge in [0.25, 0.3) is 0 Å². The number of hydrogen-bond acceptors (Lipinski definition) is 4. The van der Waals surface area contributed by atoms with Gasteiger partial charge < -0.3 is 10.6 Å². The Morgan fingerprint density at radius 1 is 1.00 bits per heavy atom. The van der Waals surface area contributed by atoms with Crippen LogP contribution in [0.4, 0.5) is 17.3 Å². The van der Waals surface area contributed by atoms with Gasteiger partial charge >= 0.3 is 0 Å². The van der Waals surface area contributed by atoms with Crippen LogP contribution < -0.4 is 10.6 Å². The topological polar surface area (TPSA) is 66.9 Å². The highest BCUT2D eigenvalue weighted by molar-refractivity contribution is 5.91. The third kappa shape index (κ3) is 4.28. The number of benzene rings is 1. The van der Waals surface area contributed by atoms with Crippen molar-refractivity contribution in [3.63, 3.8) is 0 Å². The fraction of sp³-hybridized carbons (Fsp3) is 0.389. The molecule has 2 N–H and O–H groups in total. The maximum Gasteiger partial charge on any atom is 0.228 e. The third-order valence-electron chi connectivity index (χ3n) is 3.69. The van der Waals surface area contributed by atoms with Crippen LogP contribution in [0.2, 0.25) is 0 Å². The fourth-order valence-corrected chi connectivity index (χ4v) is 2.27. The van der Waals surface area contributed by atoms with Gasteiger partial charge in [-0.15, -0.1) is 10.2 Å². The van der Waals surface area contributed by atoms with Crippen molar-refractivity contribution in [3.8, 4) is 0 Å². The van der Waals surface area contributed by atoms with Crippen LogP contribution >= 0.6 is 0 Å². The molecule has 0 aliphatic heterocycles. The van der Waals surface area contributed by atoms with Gasteiger partial charge in [0.05, 0.1) is 0 Å². The van der Waals surface area contributed by atoms with E-state index in [1.807, 2.05) is 19.9 Å². The number of rotatable bonds is 6. The predicted octanol–water partition coefficient (Wildman–Crippen LogP) is 3.94. The third-order valence-corrected chi connectivity index (χ3v) is 3.69. The highest BCUT2D eigenvalue weighted by Crippen LogP contribution is 2.25. The molecule has 0 radical (unpaired) electrons. The van der Waals surface area contributed by atoms with Crippen molar-refractivity contribution >= 4 is 23.2 Å². The Bertz CT molecular complexity index is 643. The van der Waals surface area contributed by atoms with E-state index in [2.05, 4.69) is 52.9 Å². The number of hydrogen-bond donors (Lipinski definition) is 2. The molecular formula is C18H24N4O. The van der Waals surface area contributed by atoms with E-state index in [1.54, 1.807) is 6.07 Å². The molecule has 1 heterocycles. The van der Waals surface area contributed by atoms with E-state index in [-0.39, 0.29) is 11.8 Å². The minimum absolute atomic E-state index is 0.0652. The number of aryl methyl sites for hydroxylation is 2. The first kappa shape index (κ1) is 16.9. The van der Waals surface area contributed by atoms with Gasteiger partial charge in [-0.25, -0.2) is 0 Å². The van der Waals surface area contributed by atoms with E-state index < -0.39 is 0 Å². The lowest BCUT2D eigenvalue weighted by Gasteiger charge is -2.14. The second kappa shape index (κ2) is 7.72. The zero-order valence-corrected chi connectivity index (χ0v) is 14.2. The summed E-state index contributed by atoms with van der Waals surface area (Å²) in [4.78, 5) is 11.7. The number of nitrogens with one attached hydrogen (secondary N) is 2. The van der Waals surface area contributed by atoms with Crippen LogP contribution in [-0.4, -0.2) is 16.1 Å². The van der Waals surface area contributed by atoms with Crippen LogP contribution in [0.25, 0.3) is 0 Å². The van der Waals surface area contributed by atoms with Crippen LogP contribution in [0.3, 0.4) is 0 Å². The Morgan fingerprint density at radius 2 is 1.57 bits per heavy atom. The average molecular weight is 312 g/mol. The monoisotopic (exact) mass is 312 g/mol. The van der Waals surface area contributed by atoms with Crippen molar-refractivity contribution in [2.45, 2.75) is 40.5 Å². The second-order valence-electron chi connectivity index (χ2n) is 5.73. The van der Waals surface area contributed by atoms with Gasteiger partial charge in [0.2, 0.25) is 5.91 Å². The molecule has 1 aromatic carbocycles. The summed E-state index contributed by atoms with van der Waals surface area (Å²) < 4.78 is 0. The molecule has 0 fully saturated rings. The Balaban J connectivity index is 2.17. The molecule has 122 valence electrons. The van der Waals surface area contributed by atoms with Crippen molar-refractivity contribution in [3.05, 3.63) is 41.5 Å². The summed E-state index contributed by atoms with van der Waals surface area (Å²) >= 11 is 0. The number of carbonyl (C=O) groups excluding carboxylic acids is 1. The van der Waals surface area contributed by atoms with Crippen LogP contribution in [0.15, 0.2) is 30.3 Å². The molecule has 0 atom stereocenters. The molecular weight excluding hydrogens is 288 g/mol. The number of nitrogens with zero attached hydrogens (tertiary/aromatic N) is 2. The Morgan fingerprint density at radius 3 is 2.04 bits per heavy atom. The molecule has 5 heteroatoms. The van der Waals surface area contributed by atoms with Gasteiger partial charge in [-0.1, -0.05) is 45.9 Å². The fourth-order valence-electron chi connectivity index (χ4n) is 2.27. The van der Waals surface area contributed by atoms with Crippen molar-refractivity contribution in [1.82, 2.24) is 10.2 Å². The van der Waals surface area contributed by atoms with E-state index >= 15 is 0 Å². The van der Waals surface area contributed by atoms with E-state index in [9.17, 15) is 4.79 Å². The largest absolute Gasteiger partial charge is 0.338 e. The summed E-state index contributed by atoms with van der Waals surface area (Å²) in [5.41, 5.74) is 3.61. The van der Waals surface area contributed by atoms with Gasteiger partial charge in [0.1, 0.15) is 0 Å². The maximum atomic E-state index is 11.7. The molecule has 2 aromatic rings. The molecule has 23 heavy (non-hydrogen) atoms. The molecule has 0 unspecified atom stereocenters. The maximum absolute atomic E-state index is 11.7.